The van der Waals surface area contributed by atoms with E-state index in [4.69, 9.17) is 27.9 Å². The predicted octanol–water partition coefficient (Wildman–Crippen LogP) is 3.45. The van der Waals surface area contributed by atoms with Gasteiger partial charge in [-0.2, -0.15) is 0 Å². The van der Waals surface area contributed by atoms with Crippen LogP contribution in [0.2, 0.25) is 0 Å². The van der Waals surface area contributed by atoms with Gasteiger partial charge in [0.25, 0.3) is 0 Å². The van der Waals surface area contributed by atoms with Crippen LogP contribution in [0, 0.1) is 0 Å². The Bertz CT molecular complexity index is 489. The minimum Gasteiger partial charge on any atom is -0.450 e. The lowest BCUT2D eigenvalue weighted by molar-refractivity contribution is -0.120. The highest BCUT2D eigenvalue weighted by Crippen LogP contribution is 2.29. The Kier molecular flexibility index (Phi) is 6.49. The second kappa shape index (κ2) is 7.66. The minimum absolute atomic E-state index is 0.212. The molecule has 1 amide bonds. The van der Waals surface area contributed by atoms with Crippen LogP contribution >= 0.6 is 23.2 Å². The standard InChI is InChI=1S/C15H19Cl2NO3/c1-4-21-14(20)18-12(11(19)13(16)17)15(2,3)10-8-6-5-7-9-10/h5-9,12-13H,4H2,1-3H3,(H,18,20)/t12-/m1/s1. The number of carbonyl (C=O) groups excluding carboxylic acids is 2. The number of hydrogen-bond donors (Lipinski definition) is 1. The second-order valence-corrected chi connectivity index (χ2v) is 6.18. The summed E-state index contributed by atoms with van der Waals surface area (Å²) in [5.74, 6) is -0.472. The Labute approximate surface area is 134 Å². The molecule has 1 aromatic rings. The van der Waals surface area contributed by atoms with Crippen molar-refractivity contribution in [2.24, 2.45) is 0 Å². The number of benzene rings is 1. The van der Waals surface area contributed by atoms with Crippen molar-refractivity contribution in [2.75, 3.05) is 6.61 Å². The molecule has 6 heteroatoms. The van der Waals surface area contributed by atoms with E-state index in [2.05, 4.69) is 5.32 Å². The van der Waals surface area contributed by atoms with Gasteiger partial charge in [0.05, 0.1) is 6.61 Å². The second-order valence-electron chi connectivity index (χ2n) is 5.09. The van der Waals surface area contributed by atoms with Crippen LogP contribution in [-0.2, 0) is 14.9 Å². The van der Waals surface area contributed by atoms with Gasteiger partial charge < -0.3 is 10.1 Å². The van der Waals surface area contributed by atoms with Crippen LogP contribution < -0.4 is 5.32 Å². The quantitative estimate of drug-likeness (QED) is 0.812. The van der Waals surface area contributed by atoms with Crippen LogP contribution in [0.1, 0.15) is 26.3 Å². The summed E-state index contributed by atoms with van der Waals surface area (Å²) in [4.78, 5) is 22.7. The van der Waals surface area contributed by atoms with Gasteiger partial charge >= 0.3 is 6.09 Å². The molecule has 116 valence electrons. The Morgan fingerprint density at radius 3 is 2.29 bits per heavy atom. The van der Waals surface area contributed by atoms with Crippen LogP contribution in [0.25, 0.3) is 0 Å². The van der Waals surface area contributed by atoms with Gasteiger partial charge in [0.2, 0.25) is 0 Å². The third-order valence-corrected chi connectivity index (χ3v) is 3.71. The van der Waals surface area contributed by atoms with E-state index in [9.17, 15) is 9.59 Å². The molecule has 1 N–H and O–H groups in total. The molecular weight excluding hydrogens is 313 g/mol. The summed E-state index contributed by atoms with van der Waals surface area (Å²) in [5, 5.41) is 2.56. The molecule has 0 heterocycles. The maximum atomic E-state index is 12.3. The number of ether oxygens (including phenoxy) is 1. The van der Waals surface area contributed by atoms with Crippen molar-refractivity contribution in [3.8, 4) is 0 Å². The normalized spacial score (nSPS) is 12.9. The van der Waals surface area contributed by atoms with Gasteiger partial charge in [-0.15, -0.1) is 0 Å². The molecule has 0 aliphatic heterocycles. The number of hydrogen-bond acceptors (Lipinski definition) is 3. The molecule has 0 fully saturated rings. The molecular formula is C15H19Cl2NO3. The number of halogens is 2. The lowest BCUT2D eigenvalue weighted by atomic mass is 9.76. The molecule has 1 aromatic carbocycles. The van der Waals surface area contributed by atoms with Crippen LogP contribution in [0.3, 0.4) is 0 Å². The summed E-state index contributed by atoms with van der Waals surface area (Å²) in [6.45, 7) is 5.58. The van der Waals surface area contributed by atoms with Crippen molar-refractivity contribution in [1.82, 2.24) is 5.32 Å². The number of alkyl carbamates (subject to hydrolysis) is 1. The number of alkyl halides is 2. The highest BCUT2D eigenvalue weighted by atomic mass is 35.5. The average molecular weight is 332 g/mol. The Morgan fingerprint density at radius 1 is 1.24 bits per heavy atom. The van der Waals surface area contributed by atoms with E-state index in [0.717, 1.165) is 5.56 Å². The minimum atomic E-state index is -1.22. The Morgan fingerprint density at radius 2 is 1.81 bits per heavy atom. The van der Waals surface area contributed by atoms with Crippen molar-refractivity contribution in [3.63, 3.8) is 0 Å². The van der Waals surface area contributed by atoms with Gasteiger partial charge in [0, 0.05) is 5.41 Å². The largest absolute Gasteiger partial charge is 0.450 e. The lowest BCUT2D eigenvalue weighted by Crippen LogP contribution is -2.54. The highest BCUT2D eigenvalue weighted by Gasteiger charge is 2.40. The molecule has 21 heavy (non-hydrogen) atoms. The summed E-state index contributed by atoms with van der Waals surface area (Å²) in [6.07, 6.45) is -0.672. The van der Waals surface area contributed by atoms with Crippen molar-refractivity contribution >= 4 is 35.1 Å². The molecule has 0 spiro atoms. The van der Waals surface area contributed by atoms with Crippen LogP contribution in [0.15, 0.2) is 30.3 Å². The van der Waals surface area contributed by atoms with E-state index in [-0.39, 0.29) is 6.61 Å². The first kappa shape index (κ1) is 17.8. The fraction of sp³-hybridized carbons (Fsp3) is 0.467. The molecule has 0 bridgehead atoms. The molecule has 0 aliphatic carbocycles. The van der Waals surface area contributed by atoms with Crippen LogP contribution in [-0.4, -0.2) is 29.4 Å². The lowest BCUT2D eigenvalue weighted by Gasteiger charge is -2.34. The van der Waals surface area contributed by atoms with E-state index in [1.165, 1.54) is 0 Å². The average Bonchev–Trinajstić information content (AvgIpc) is 2.45. The van der Waals surface area contributed by atoms with Crippen molar-refractivity contribution in [2.45, 2.75) is 37.1 Å². The number of amides is 1. The number of rotatable bonds is 6. The Hall–Kier alpha value is -1.26. The van der Waals surface area contributed by atoms with Gasteiger partial charge in [-0.05, 0) is 12.5 Å². The molecule has 1 atom stereocenters. The van der Waals surface area contributed by atoms with Gasteiger partial charge in [-0.1, -0.05) is 67.4 Å². The number of Topliss-reactive ketones (excluding diaryl/α,β-unsaturated/α-hetero) is 1. The number of ketones is 1. The predicted molar refractivity (Wildman–Crippen MR) is 83.9 cm³/mol. The first-order chi connectivity index (χ1) is 9.80. The number of carbonyl (C=O) groups is 2. The monoisotopic (exact) mass is 331 g/mol. The Balaban J connectivity index is 3.10. The molecule has 0 aromatic heterocycles. The van der Waals surface area contributed by atoms with E-state index in [0.29, 0.717) is 0 Å². The molecule has 0 aliphatic rings. The van der Waals surface area contributed by atoms with Gasteiger partial charge in [0.15, 0.2) is 10.6 Å². The maximum absolute atomic E-state index is 12.3. The first-order valence-electron chi connectivity index (χ1n) is 6.61. The van der Waals surface area contributed by atoms with E-state index in [1.54, 1.807) is 6.92 Å². The summed E-state index contributed by atoms with van der Waals surface area (Å²) in [6, 6.07) is 8.47. The zero-order valence-corrected chi connectivity index (χ0v) is 13.7. The van der Waals surface area contributed by atoms with Crippen LogP contribution in [0.4, 0.5) is 4.79 Å². The summed E-state index contributed by atoms with van der Waals surface area (Å²) in [5.41, 5.74) is 0.196. The highest BCUT2D eigenvalue weighted by molar-refractivity contribution is 6.54. The van der Waals surface area contributed by atoms with E-state index < -0.39 is 28.2 Å². The van der Waals surface area contributed by atoms with E-state index in [1.807, 2.05) is 44.2 Å². The molecule has 0 saturated carbocycles. The summed E-state index contributed by atoms with van der Waals surface area (Å²) < 4.78 is 4.84. The van der Waals surface area contributed by atoms with Crippen molar-refractivity contribution in [3.05, 3.63) is 35.9 Å². The molecule has 0 radical (unpaired) electrons. The third-order valence-electron chi connectivity index (χ3n) is 3.28. The van der Waals surface area contributed by atoms with Crippen molar-refractivity contribution < 1.29 is 14.3 Å². The maximum Gasteiger partial charge on any atom is 0.407 e. The SMILES string of the molecule is CCOC(=O)N[C@H](C(=O)C(Cl)Cl)C(C)(C)c1ccccc1. The fourth-order valence-corrected chi connectivity index (χ4v) is 2.31. The summed E-state index contributed by atoms with van der Waals surface area (Å²) in [7, 11) is 0. The van der Waals surface area contributed by atoms with Gasteiger partial charge in [-0.25, -0.2) is 4.79 Å². The smallest absolute Gasteiger partial charge is 0.407 e. The zero-order chi connectivity index (χ0) is 16.0. The van der Waals surface area contributed by atoms with E-state index >= 15 is 0 Å². The van der Waals surface area contributed by atoms with Gasteiger partial charge in [-0.3, -0.25) is 4.79 Å². The van der Waals surface area contributed by atoms with Gasteiger partial charge in [0.1, 0.15) is 6.04 Å². The van der Waals surface area contributed by atoms with Crippen LogP contribution in [0.5, 0.6) is 0 Å². The molecule has 4 nitrogen and oxygen atoms in total. The zero-order valence-electron chi connectivity index (χ0n) is 12.2. The molecule has 0 saturated heterocycles. The fourth-order valence-electron chi connectivity index (χ4n) is 2.06. The summed E-state index contributed by atoms with van der Waals surface area (Å²) >= 11 is 11.4. The van der Waals surface area contributed by atoms with Crippen molar-refractivity contribution in [1.29, 1.82) is 0 Å². The third kappa shape index (κ3) is 4.61. The number of nitrogens with one attached hydrogen (secondary N) is 1. The first-order valence-corrected chi connectivity index (χ1v) is 7.48. The topological polar surface area (TPSA) is 55.4 Å². The molecule has 1 rings (SSSR count). The molecule has 0 unspecified atom stereocenters.